The Morgan fingerprint density at radius 1 is 1.13 bits per heavy atom. The highest BCUT2D eigenvalue weighted by molar-refractivity contribution is 5.97. The molecule has 2 aliphatic rings. The van der Waals surface area contributed by atoms with Gasteiger partial charge in [-0.15, -0.1) is 0 Å². The number of nitrogens with zero attached hydrogens (tertiary/aromatic N) is 4. The number of carbonyl (C=O) groups excluding carboxylic acids is 1. The Balaban J connectivity index is 0.00000308. The molecular weight excluding hydrogens is 480 g/mol. The van der Waals surface area contributed by atoms with Crippen molar-refractivity contribution < 1.29 is 16.1 Å². The first kappa shape index (κ1) is 24.4. The van der Waals surface area contributed by atoms with E-state index in [1.165, 1.54) is 0 Å². The number of ether oxygens (including phenoxy) is 1. The van der Waals surface area contributed by atoms with Crippen LogP contribution in [0.1, 0.15) is 55.9 Å². The minimum Gasteiger partial charge on any atom is -0.437 e. The van der Waals surface area contributed by atoms with Gasteiger partial charge in [0.05, 0.1) is 18.5 Å². The summed E-state index contributed by atoms with van der Waals surface area (Å²) in [5, 5.41) is 21.1. The van der Waals surface area contributed by atoms with E-state index in [1.54, 1.807) is 23.1 Å². The van der Waals surface area contributed by atoms with Gasteiger partial charge in [0, 0.05) is 37.4 Å². The van der Waals surface area contributed by atoms with Gasteiger partial charge in [-0.2, -0.15) is 14.6 Å². The first-order valence-corrected chi connectivity index (χ1v) is 13.3. The van der Waals surface area contributed by atoms with E-state index in [1.807, 2.05) is 43.3 Å². The molecule has 0 saturated heterocycles. The molecule has 2 aliphatic carbocycles. The normalized spacial score (nSPS) is 19.3. The maximum Gasteiger partial charge on any atom is 0.251 e. The van der Waals surface area contributed by atoms with Crippen molar-refractivity contribution in [3.8, 4) is 22.8 Å². The highest BCUT2D eigenvalue weighted by atomic mass is 16.5. The highest BCUT2D eigenvalue weighted by Gasteiger charge is 2.25. The molecular formula is C29H34N6O3. The number of aliphatic hydroxyl groups is 1. The Morgan fingerprint density at radius 2 is 1.97 bits per heavy atom. The van der Waals surface area contributed by atoms with E-state index in [4.69, 9.17) is 9.72 Å². The molecule has 0 unspecified atom stereocenters. The largest absolute Gasteiger partial charge is 0.437 e. The third-order valence-electron chi connectivity index (χ3n) is 7.39. The summed E-state index contributed by atoms with van der Waals surface area (Å²) in [6, 6.07) is 11.7. The number of carbonyl (C=O) groups is 1. The molecule has 0 spiro atoms. The second-order valence-corrected chi connectivity index (χ2v) is 10.4. The molecule has 2 fully saturated rings. The minimum absolute atomic E-state index is 0. The molecule has 3 heterocycles. The van der Waals surface area contributed by atoms with Crippen molar-refractivity contribution in [1.82, 2.24) is 24.9 Å². The number of benzene rings is 1. The van der Waals surface area contributed by atoms with Gasteiger partial charge in [0.2, 0.25) is 5.88 Å². The van der Waals surface area contributed by atoms with Gasteiger partial charge in [-0.25, -0.2) is 0 Å². The van der Waals surface area contributed by atoms with Crippen LogP contribution in [0.2, 0.25) is 0 Å². The maximum absolute atomic E-state index is 12.6. The molecule has 9 nitrogen and oxygen atoms in total. The van der Waals surface area contributed by atoms with Gasteiger partial charge < -0.3 is 20.5 Å². The lowest BCUT2D eigenvalue weighted by atomic mass is 9.87. The van der Waals surface area contributed by atoms with Gasteiger partial charge in [-0.3, -0.25) is 9.78 Å². The number of aliphatic hydroxyl groups excluding tert-OH is 1. The van der Waals surface area contributed by atoms with Crippen LogP contribution < -0.4 is 15.4 Å². The fourth-order valence-corrected chi connectivity index (χ4v) is 5.03. The summed E-state index contributed by atoms with van der Waals surface area (Å²) in [5.41, 5.74) is 4.02. The number of aromatic nitrogens is 4. The number of nitrogens with one attached hydrogen (secondary N) is 2. The maximum atomic E-state index is 12.6. The number of amides is 1. The average molecular weight is 515 g/mol. The van der Waals surface area contributed by atoms with Crippen LogP contribution in [-0.2, 0) is 0 Å². The van der Waals surface area contributed by atoms with Gasteiger partial charge >= 0.3 is 0 Å². The SMILES string of the molecule is Cc1cc(-c2cnn3c(NCC4CCC(O)CC4)cc(Oc4cccnc4)nc23)ccc1C(=O)NC1CC1.[HH]. The first-order valence-electron chi connectivity index (χ1n) is 13.3. The zero-order valence-electron chi connectivity index (χ0n) is 21.4. The Hall–Kier alpha value is -3.98. The monoisotopic (exact) mass is 514 g/mol. The molecule has 0 bridgehead atoms. The lowest BCUT2D eigenvalue weighted by Gasteiger charge is -2.25. The third-order valence-corrected chi connectivity index (χ3v) is 7.39. The summed E-state index contributed by atoms with van der Waals surface area (Å²) in [5.74, 6) is 2.27. The van der Waals surface area contributed by atoms with Crippen LogP contribution in [0, 0.1) is 12.8 Å². The van der Waals surface area contributed by atoms with Gasteiger partial charge in [-0.1, -0.05) is 12.1 Å². The molecule has 2 saturated carbocycles. The molecule has 1 amide bonds. The van der Waals surface area contributed by atoms with Crippen LogP contribution in [0.4, 0.5) is 5.82 Å². The zero-order valence-corrected chi connectivity index (χ0v) is 21.4. The van der Waals surface area contributed by atoms with Crippen LogP contribution in [0.15, 0.2) is 55.0 Å². The van der Waals surface area contributed by atoms with Crippen molar-refractivity contribution in [1.29, 1.82) is 0 Å². The summed E-state index contributed by atoms with van der Waals surface area (Å²) < 4.78 is 7.87. The van der Waals surface area contributed by atoms with Crippen molar-refractivity contribution >= 4 is 17.4 Å². The second kappa shape index (κ2) is 10.4. The molecule has 38 heavy (non-hydrogen) atoms. The Labute approximate surface area is 222 Å². The summed E-state index contributed by atoms with van der Waals surface area (Å²) in [7, 11) is 0. The molecule has 6 rings (SSSR count). The number of pyridine rings is 1. The third kappa shape index (κ3) is 5.33. The Morgan fingerprint density at radius 3 is 2.71 bits per heavy atom. The molecule has 1 aromatic carbocycles. The molecule has 0 aliphatic heterocycles. The quantitative estimate of drug-likeness (QED) is 0.303. The summed E-state index contributed by atoms with van der Waals surface area (Å²) >= 11 is 0. The summed E-state index contributed by atoms with van der Waals surface area (Å²) in [4.78, 5) is 21.6. The molecule has 3 aromatic heterocycles. The average Bonchev–Trinajstić information content (AvgIpc) is 3.63. The fourth-order valence-electron chi connectivity index (χ4n) is 5.03. The van der Waals surface area contributed by atoms with Gasteiger partial charge in [0.25, 0.3) is 5.91 Å². The van der Waals surface area contributed by atoms with E-state index in [9.17, 15) is 9.90 Å². The number of aryl methyl sites for hydroxylation is 1. The molecule has 4 aromatic rings. The molecule has 3 N–H and O–H groups in total. The lowest BCUT2D eigenvalue weighted by molar-refractivity contribution is 0.0950. The predicted octanol–water partition coefficient (Wildman–Crippen LogP) is 4.99. The fraction of sp³-hybridized carbons (Fsp3) is 0.379. The van der Waals surface area contributed by atoms with E-state index >= 15 is 0 Å². The van der Waals surface area contributed by atoms with E-state index in [-0.39, 0.29) is 13.4 Å². The van der Waals surface area contributed by atoms with Crippen molar-refractivity contribution in [3.05, 3.63) is 66.1 Å². The van der Waals surface area contributed by atoms with Gasteiger partial charge in [0.15, 0.2) is 5.65 Å². The number of anilines is 1. The van der Waals surface area contributed by atoms with Crippen LogP contribution in [0.5, 0.6) is 11.6 Å². The highest BCUT2D eigenvalue weighted by Crippen LogP contribution is 2.32. The number of hydrogen-bond acceptors (Lipinski definition) is 7. The van der Waals surface area contributed by atoms with Crippen molar-refractivity contribution in [2.24, 2.45) is 5.92 Å². The lowest BCUT2D eigenvalue weighted by Crippen LogP contribution is -2.26. The molecule has 0 radical (unpaired) electrons. The smallest absolute Gasteiger partial charge is 0.251 e. The van der Waals surface area contributed by atoms with Crippen LogP contribution >= 0.6 is 0 Å². The molecule has 198 valence electrons. The standard InChI is InChI=1S/C29H32N6O3.H2/c1-18-13-20(6-11-24(18)29(37)33-21-7-8-21)25-17-32-35-26(31-15-19-4-9-22(36)10-5-19)14-27(34-28(25)35)38-23-3-2-12-30-16-23;/h2-3,6,11-14,16-17,19,21-22,31,36H,4-5,7-10,15H2,1H3,(H,33,37);1H. The van der Waals surface area contributed by atoms with Crippen LogP contribution in [0.3, 0.4) is 0 Å². The summed E-state index contributed by atoms with van der Waals surface area (Å²) in [6.45, 7) is 2.73. The topological polar surface area (TPSA) is 114 Å². The van der Waals surface area contributed by atoms with Crippen LogP contribution in [0.25, 0.3) is 16.8 Å². The predicted molar refractivity (Wildman–Crippen MR) is 147 cm³/mol. The van der Waals surface area contributed by atoms with Crippen molar-refractivity contribution in [2.45, 2.75) is 57.6 Å². The van der Waals surface area contributed by atoms with Crippen molar-refractivity contribution in [3.63, 3.8) is 0 Å². The van der Waals surface area contributed by atoms with E-state index in [0.29, 0.717) is 34.8 Å². The van der Waals surface area contributed by atoms with E-state index in [2.05, 4.69) is 20.7 Å². The number of fused-ring (bicyclic) bond motifs is 1. The number of rotatable bonds is 8. The second-order valence-electron chi connectivity index (χ2n) is 10.4. The Bertz CT molecular complexity index is 1450. The van der Waals surface area contributed by atoms with E-state index in [0.717, 1.165) is 67.6 Å². The summed E-state index contributed by atoms with van der Waals surface area (Å²) in [6.07, 6.45) is 10.7. The van der Waals surface area contributed by atoms with E-state index < -0.39 is 0 Å². The minimum atomic E-state index is -0.179. The molecule has 0 atom stereocenters. The van der Waals surface area contributed by atoms with Gasteiger partial charge in [-0.05, 0) is 80.7 Å². The zero-order chi connectivity index (χ0) is 26.1. The van der Waals surface area contributed by atoms with Gasteiger partial charge in [0.1, 0.15) is 11.6 Å². The number of hydrogen-bond donors (Lipinski definition) is 3. The molecule has 9 heteroatoms. The Kier molecular flexibility index (Phi) is 6.68. The first-order chi connectivity index (χ1) is 18.5. The van der Waals surface area contributed by atoms with Crippen molar-refractivity contribution in [2.75, 3.05) is 11.9 Å². The van der Waals surface area contributed by atoms with Crippen LogP contribution in [-0.4, -0.2) is 49.3 Å².